The second-order valence-electron chi connectivity index (χ2n) is 11.2. The van der Waals surface area contributed by atoms with Gasteiger partial charge in [0.15, 0.2) is 23.0 Å². The van der Waals surface area contributed by atoms with E-state index < -0.39 is 42.0 Å². The maximum atomic E-state index is 13.4. The van der Waals surface area contributed by atoms with E-state index in [9.17, 15) is 28.8 Å². The molecule has 3 aromatic rings. The number of ether oxygens (including phenoxy) is 6. The van der Waals surface area contributed by atoms with E-state index in [1.54, 1.807) is 24.3 Å². The lowest BCUT2D eigenvalue weighted by Crippen LogP contribution is -2.47. The molecule has 2 atom stereocenters. The predicted molar refractivity (Wildman–Crippen MR) is 168 cm³/mol. The van der Waals surface area contributed by atoms with Gasteiger partial charge in [-0.15, -0.1) is 0 Å². The summed E-state index contributed by atoms with van der Waals surface area (Å²) in [4.78, 5) is 74.2. The van der Waals surface area contributed by atoms with Gasteiger partial charge in [0, 0.05) is 60.1 Å². The lowest BCUT2D eigenvalue weighted by molar-refractivity contribution is -0.135. The smallest absolute Gasteiger partial charge is 0.308 e. The van der Waals surface area contributed by atoms with Gasteiger partial charge in [0.25, 0.3) is 0 Å². The van der Waals surface area contributed by atoms with Gasteiger partial charge in [-0.1, -0.05) is 12.1 Å². The Morgan fingerprint density at radius 1 is 0.646 bits per heavy atom. The molecule has 0 aliphatic carbocycles. The third-order valence-electron chi connectivity index (χ3n) is 7.06. The number of benzene rings is 3. The number of esters is 5. The molecular formula is C35H35NO12. The number of aryl methyl sites for hydroxylation is 1. The average molecular weight is 662 g/mol. The van der Waals surface area contributed by atoms with Gasteiger partial charge in [0.05, 0.1) is 6.04 Å². The zero-order chi connectivity index (χ0) is 35.3. The van der Waals surface area contributed by atoms with Crippen LogP contribution in [0.25, 0.3) is 0 Å². The molecule has 0 saturated carbocycles. The first-order valence-electron chi connectivity index (χ1n) is 14.9. The van der Waals surface area contributed by atoms with Crippen LogP contribution in [0.3, 0.4) is 0 Å². The molecule has 0 aromatic heterocycles. The van der Waals surface area contributed by atoms with Crippen molar-refractivity contribution in [2.45, 2.75) is 73.6 Å². The standard InChI is InChI=1S/C35H35NO12/c1-18-12-31(45-22(5)40)27-16-28(36(19(2)37)17-25-8-10-29(43-20(3)38)33(14-25)46-23(6)41)35(48-32(27)13-18)26-9-11-30(44-21(4)39)34(15-26)47-24(7)42/h8-15,28,35H,16-17H2,1-7H3/t28-,35-/m1/s1. The van der Waals surface area contributed by atoms with Crippen LogP contribution < -0.4 is 28.4 Å². The number of fused-ring (bicyclic) bond motifs is 1. The summed E-state index contributed by atoms with van der Waals surface area (Å²) in [6.45, 7) is 9.28. The second-order valence-corrected chi connectivity index (χ2v) is 11.2. The third-order valence-corrected chi connectivity index (χ3v) is 7.06. The molecule has 0 fully saturated rings. The zero-order valence-electron chi connectivity index (χ0n) is 27.5. The summed E-state index contributed by atoms with van der Waals surface area (Å²) in [5, 5.41) is 0. The normalized spacial score (nSPS) is 14.8. The van der Waals surface area contributed by atoms with E-state index >= 15 is 0 Å². The lowest BCUT2D eigenvalue weighted by atomic mass is 9.89. The van der Waals surface area contributed by atoms with E-state index in [1.165, 1.54) is 70.7 Å². The van der Waals surface area contributed by atoms with Gasteiger partial charge >= 0.3 is 29.8 Å². The quantitative estimate of drug-likeness (QED) is 0.230. The number of carbonyl (C=O) groups is 6. The molecule has 3 aromatic carbocycles. The Kier molecular flexibility index (Phi) is 10.8. The number of nitrogens with zero attached hydrogens (tertiary/aromatic N) is 1. The van der Waals surface area contributed by atoms with E-state index in [-0.39, 0.29) is 47.6 Å². The summed E-state index contributed by atoms with van der Waals surface area (Å²) in [6, 6.07) is 11.9. The third kappa shape index (κ3) is 8.75. The van der Waals surface area contributed by atoms with Gasteiger partial charge in [0.2, 0.25) is 5.91 Å². The molecule has 0 saturated heterocycles. The minimum absolute atomic E-state index is 0.0106. The summed E-state index contributed by atoms with van der Waals surface area (Å²) >= 11 is 0. The van der Waals surface area contributed by atoms with Crippen molar-refractivity contribution in [3.63, 3.8) is 0 Å². The molecule has 0 N–H and O–H groups in total. The van der Waals surface area contributed by atoms with Gasteiger partial charge in [-0.2, -0.15) is 0 Å². The van der Waals surface area contributed by atoms with Crippen molar-refractivity contribution < 1.29 is 57.2 Å². The molecule has 1 amide bonds. The highest BCUT2D eigenvalue weighted by Gasteiger charge is 2.39. The topological polar surface area (TPSA) is 161 Å². The average Bonchev–Trinajstić information content (AvgIpc) is 2.96. The molecule has 13 heteroatoms. The number of hydrogen-bond acceptors (Lipinski definition) is 12. The Labute approximate surface area is 276 Å². The highest BCUT2D eigenvalue weighted by Crippen LogP contribution is 2.44. The van der Waals surface area contributed by atoms with Gasteiger partial charge in [-0.25, -0.2) is 0 Å². The number of rotatable bonds is 9. The fourth-order valence-electron chi connectivity index (χ4n) is 5.36. The monoisotopic (exact) mass is 661 g/mol. The van der Waals surface area contributed by atoms with Crippen molar-refractivity contribution in [1.29, 1.82) is 0 Å². The van der Waals surface area contributed by atoms with Crippen LogP contribution in [0.4, 0.5) is 0 Å². The van der Waals surface area contributed by atoms with Crippen LogP contribution in [-0.4, -0.2) is 46.7 Å². The predicted octanol–water partition coefficient (Wildman–Crippen LogP) is 4.72. The molecule has 1 aliphatic rings. The van der Waals surface area contributed by atoms with E-state index in [0.717, 1.165) is 5.56 Å². The lowest BCUT2D eigenvalue weighted by Gasteiger charge is -2.41. The van der Waals surface area contributed by atoms with Crippen molar-refractivity contribution in [3.05, 3.63) is 70.8 Å². The first-order chi connectivity index (χ1) is 22.6. The Balaban J connectivity index is 1.86. The van der Waals surface area contributed by atoms with Crippen LogP contribution in [0.2, 0.25) is 0 Å². The number of carbonyl (C=O) groups excluding carboxylic acids is 6. The first-order valence-corrected chi connectivity index (χ1v) is 14.9. The second kappa shape index (κ2) is 14.8. The highest BCUT2D eigenvalue weighted by molar-refractivity contribution is 5.76. The fourth-order valence-corrected chi connectivity index (χ4v) is 5.36. The molecule has 0 unspecified atom stereocenters. The van der Waals surface area contributed by atoms with Crippen LogP contribution in [0, 0.1) is 6.92 Å². The molecule has 4 rings (SSSR count). The Morgan fingerprint density at radius 3 is 1.69 bits per heavy atom. The van der Waals surface area contributed by atoms with Crippen molar-refractivity contribution >= 4 is 35.8 Å². The summed E-state index contributed by atoms with van der Waals surface area (Å²) in [5.74, 6) is -2.75. The first kappa shape index (κ1) is 35.1. The minimum Gasteiger partial charge on any atom is -0.483 e. The van der Waals surface area contributed by atoms with Crippen LogP contribution in [0.1, 0.15) is 69.9 Å². The van der Waals surface area contributed by atoms with Crippen molar-refractivity contribution in [2.24, 2.45) is 0 Å². The van der Waals surface area contributed by atoms with E-state index in [0.29, 0.717) is 22.4 Å². The maximum Gasteiger partial charge on any atom is 0.308 e. The Hall–Kier alpha value is -5.72. The molecule has 1 heterocycles. The highest BCUT2D eigenvalue weighted by atomic mass is 16.6. The fraction of sp³-hybridized carbons (Fsp3) is 0.314. The summed E-state index contributed by atoms with van der Waals surface area (Å²) < 4.78 is 33.2. The minimum atomic E-state index is -0.873. The molecule has 48 heavy (non-hydrogen) atoms. The van der Waals surface area contributed by atoms with Crippen LogP contribution >= 0.6 is 0 Å². The van der Waals surface area contributed by atoms with Gasteiger partial charge < -0.3 is 33.3 Å². The van der Waals surface area contributed by atoms with Gasteiger partial charge in [0.1, 0.15) is 17.6 Å². The summed E-state index contributed by atoms with van der Waals surface area (Å²) in [6.07, 6.45) is -0.707. The van der Waals surface area contributed by atoms with E-state index in [1.807, 2.05) is 6.92 Å². The molecule has 13 nitrogen and oxygen atoms in total. The number of hydrogen-bond donors (Lipinski definition) is 0. The van der Waals surface area contributed by atoms with Crippen molar-refractivity contribution in [3.8, 4) is 34.5 Å². The number of amides is 1. The largest absolute Gasteiger partial charge is 0.483 e. The SMILES string of the molecule is CC(=O)Oc1ccc(CN(C(C)=O)[C@@H]2Cc3c(OC(C)=O)cc(C)cc3O[C@@H]2c2ccc(OC(C)=O)c(OC(C)=O)c2)cc1OC(C)=O. The zero-order valence-corrected chi connectivity index (χ0v) is 27.5. The van der Waals surface area contributed by atoms with Crippen molar-refractivity contribution in [1.82, 2.24) is 4.90 Å². The van der Waals surface area contributed by atoms with Crippen molar-refractivity contribution in [2.75, 3.05) is 0 Å². The molecular weight excluding hydrogens is 626 g/mol. The van der Waals surface area contributed by atoms with Crippen LogP contribution in [0.5, 0.6) is 34.5 Å². The van der Waals surface area contributed by atoms with Gasteiger partial charge in [-0.05, 0) is 60.0 Å². The summed E-state index contributed by atoms with van der Waals surface area (Å²) in [7, 11) is 0. The van der Waals surface area contributed by atoms with Gasteiger partial charge in [-0.3, -0.25) is 28.8 Å². The molecule has 1 aliphatic heterocycles. The van der Waals surface area contributed by atoms with E-state index in [4.69, 9.17) is 28.4 Å². The van der Waals surface area contributed by atoms with E-state index in [2.05, 4.69) is 0 Å². The summed E-state index contributed by atoms with van der Waals surface area (Å²) in [5.41, 5.74) is 2.30. The molecule has 0 bridgehead atoms. The Bertz CT molecular complexity index is 1800. The molecule has 0 spiro atoms. The Morgan fingerprint density at radius 2 is 1.15 bits per heavy atom. The van der Waals surface area contributed by atoms with Crippen LogP contribution in [0.15, 0.2) is 48.5 Å². The maximum absolute atomic E-state index is 13.4. The van der Waals surface area contributed by atoms with Crippen LogP contribution in [-0.2, 0) is 41.7 Å². The molecule has 0 radical (unpaired) electrons. The molecule has 252 valence electrons.